The fourth-order valence-corrected chi connectivity index (χ4v) is 3.14. The summed E-state index contributed by atoms with van der Waals surface area (Å²) in [6.07, 6.45) is 2.05. The zero-order valence-electron chi connectivity index (χ0n) is 12.4. The molecule has 0 radical (unpaired) electrons. The second-order valence-corrected chi connectivity index (χ2v) is 6.37. The lowest BCUT2D eigenvalue weighted by molar-refractivity contribution is 0.312. The summed E-state index contributed by atoms with van der Waals surface area (Å²) in [7, 11) is 2.15. The number of aromatic amines is 1. The van der Waals surface area contributed by atoms with E-state index in [1.54, 1.807) is 0 Å². The molecule has 3 rings (SSSR count). The van der Waals surface area contributed by atoms with Crippen LogP contribution >= 0.6 is 15.9 Å². The van der Waals surface area contributed by atoms with Crippen molar-refractivity contribution in [1.82, 2.24) is 15.1 Å². The van der Waals surface area contributed by atoms with Crippen LogP contribution in [0.15, 0.2) is 22.7 Å². The fraction of sp³-hybridized carbons (Fsp3) is 0.438. The Kier molecular flexibility index (Phi) is 4.31. The number of likely N-dealkylation sites (N-methyl/N-ethyl adjacent to an activating group) is 1. The quantitative estimate of drug-likeness (QED) is 0.916. The van der Waals surface area contributed by atoms with Gasteiger partial charge in [-0.3, -0.25) is 5.10 Å². The SMILES string of the molecule is CCCOc1ccc(-c2n[nH]c3c2CN(C)CC3)cc1Br. The van der Waals surface area contributed by atoms with Crippen molar-refractivity contribution in [2.24, 2.45) is 0 Å². The van der Waals surface area contributed by atoms with E-state index in [-0.39, 0.29) is 0 Å². The van der Waals surface area contributed by atoms with Crippen molar-refractivity contribution in [3.05, 3.63) is 33.9 Å². The summed E-state index contributed by atoms with van der Waals surface area (Å²) < 4.78 is 6.69. The second-order valence-electron chi connectivity index (χ2n) is 5.51. The number of aromatic nitrogens is 2. The Bertz CT molecular complexity index is 638. The maximum atomic E-state index is 5.70. The number of benzene rings is 1. The Morgan fingerprint density at radius 1 is 1.43 bits per heavy atom. The van der Waals surface area contributed by atoms with Crippen LogP contribution in [0.1, 0.15) is 24.6 Å². The fourth-order valence-electron chi connectivity index (χ4n) is 2.65. The van der Waals surface area contributed by atoms with Gasteiger partial charge < -0.3 is 9.64 Å². The first-order valence-corrected chi connectivity index (χ1v) is 8.15. The van der Waals surface area contributed by atoms with Crippen LogP contribution in [-0.4, -0.2) is 35.3 Å². The maximum Gasteiger partial charge on any atom is 0.133 e. The van der Waals surface area contributed by atoms with Crippen LogP contribution in [0.2, 0.25) is 0 Å². The molecule has 0 unspecified atom stereocenters. The van der Waals surface area contributed by atoms with Crippen molar-refractivity contribution in [3.63, 3.8) is 0 Å². The summed E-state index contributed by atoms with van der Waals surface area (Å²) in [5.41, 5.74) is 4.77. The molecule has 0 fully saturated rings. The molecule has 1 aliphatic rings. The molecule has 2 heterocycles. The summed E-state index contributed by atoms with van der Waals surface area (Å²) in [6, 6.07) is 6.19. The van der Waals surface area contributed by atoms with E-state index in [0.717, 1.165) is 54.0 Å². The topological polar surface area (TPSA) is 41.1 Å². The van der Waals surface area contributed by atoms with Gasteiger partial charge in [-0.2, -0.15) is 5.10 Å². The molecule has 0 saturated carbocycles. The highest BCUT2D eigenvalue weighted by Crippen LogP contribution is 2.33. The van der Waals surface area contributed by atoms with Gasteiger partial charge in [0, 0.05) is 36.3 Å². The van der Waals surface area contributed by atoms with Crippen LogP contribution in [0.5, 0.6) is 5.75 Å². The molecule has 0 spiro atoms. The van der Waals surface area contributed by atoms with Crippen molar-refractivity contribution >= 4 is 15.9 Å². The Morgan fingerprint density at radius 2 is 2.29 bits per heavy atom. The smallest absolute Gasteiger partial charge is 0.133 e. The van der Waals surface area contributed by atoms with Gasteiger partial charge in [0.05, 0.1) is 16.8 Å². The zero-order valence-corrected chi connectivity index (χ0v) is 14.0. The van der Waals surface area contributed by atoms with Gasteiger partial charge in [0.15, 0.2) is 0 Å². The Morgan fingerprint density at radius 3 is 3.05 bits per heavy atom. The lowest BCUT2D eigenvalue weighted by Gasteiger charge is -2.22. The molecule has 1 aliphatic heterocycles. The molecule has 1 aromatic heterocycles. The molecule has 1 aromatic carbocycles. The van der Waals surface area contributed by atoms with Crippen molar-refractivity contribution in [3.8, 4) is 17.0 Å². The van der Waals surface area contributed by atoms with Gasteiger partial charge in [-0.25, -0.2) is 0 Å². The monoisotopic (exact) mass is 349 g/mol. The van der Waals surface area contributed by atoms with E-state index < -0.39 is 0 Å². The maximum absolute atomic E-state index is 5.70. The highest BCUT2D eigenvalue weighted by molar-refractivity contribution is 9.10. The zero-order chi connectivity index (χ0) is 14.8. The molecule has 1 N–H and O–H groups in total. The van der Waals surface area contributed by atoms with Crippen LogP contribution in [0.4, 0.5) is 0 Å². The minimum atomic E-state index is 0.737. The van der Waals surface area contributed by atoms with Crippen LogP contribution in [0.3, 0.4) is 0 Å². The molecule has 2 aromatic rings. The highest BCUT2D eigenvalue weighted by Gasteiger charge is 2.21. The largest absolute Gasteiger partial charge is 0.492 e. The average Bonchev–Trinajstić information content (AvgIpc) is 2.89. The number of nitrogens with one attached hydrogen (secondary N) is 1. The minimum absolute atomic E-state index is 0.737. The lowest BCUT2D eigenvalue weighted by Crippen LogP contribution is -2.26. The van der Waals surface area contributed by atoms with Gasteiger partial charge in [0.25, 0.3) is 0 Å². The summed E-state index contributed by atoms with van der Waals surface area (Å²) in [5.74, 6) is 0.891. The normalized spacial score (nSPS) is 15.0. The van der Waals surface area contributed by atoms with E-state index in [1.807, 2.05) is 6.07 Å². The molecule has 21 heavy (non-hydrogen) atoms. The average molecular weight is 350 g/mol. The molecule has 0 atom stereocenters. The van der Waals surface area contributed by atoms with E-state index >= 15 is 0 Å². The molecule has 4 nitrogen and oxygen atoms in total. The van der Waals surface area contributed by atoms with E-state index in [0.29, 0.717) is 0 Å². The van der Waals surface area contributed by atoms with Crippen molar-refractivity contribution in [1.29, 1.82) is 0 Å². The molecule has 112 valence electrons. The van der Waals surface area contributed by atoms with E-state index in [2.05, 4.69) is 57.1 Å². The molecule has 5 heteroatoms. The number of nitrogens with zero attached hydrogens (tertiary/aromatic N) is 2. The number of halogens is 1. The van der Waals surface area contributed by atoms with Gasteiger partial charge in [-0.1, -0.05) is 6.92 Å². The highest BCUT2D eigenvalue weighted by atomic mass is 79.9. The van der Waals surface area contributed by atoms with Crippen LogP contribution < -0.4 is 4.74 Å². The molecule has 0 bridgehead atoms. The van der Waals surface area contributed by atoms with Gasteiger partial charge in [-0.05, 0) is 47.6 Å². The summed E-state index contributed by atoms with van der Waals surface area (Å²) in [4.78, 5) is 2.33. The van der Waals surface area contributed by atoms with Crippen molar-refractivity contribution in [2.45, 2.75) is 26.3 Å². The first kappa shape index (κ1) is 14.6. The van der Waals surface area contributed by atoms with Gasteiger partial charge in [-0.15, -0.1) is 0 Å². The summed E-state index contributed by atoms with van der Waals surface area (Å²) >= 11 is 3.60. The second kappa shape index (κ2) is 6.20. The number of fused-ring (bicyclic) bond motifs is 1. The van der Waals surface area contributed by atoms with Gasteiger partial charge in [0.1, 0.15) is 5.75 Å². The van der Waals surface area contributed by atoms with Crippen LogP contribution in [0.25, 0.3) is 11.3 Å². The molecule has 0 amide bonds. The Hall–Kier alpha value is -1.33. The number of rotatable bonds is 4. The number of hydrogen-bond donors (Lipinski definition) is 1. The molecule has 0 saturated heterocycles. The van der Waals surface area contributed by atoms with E-state index in [4.69, 9.17) is 4.74 Å². The van der Waals surface area contributed by atoms with Crippen molar-refractivity contribution in [2.75, 3.05) is 20.2 Å². The molecular formula is C16H20BrN3O. The Balaban J connectivity index is 1.91. The van der Waals surface area contributed by atoms with Crippen LogP contribution in [-0.2, 0) is 13.0 Å². The third-order valence-electron chi connectivity index (χ3n) is 3.79. The lowest BCUT2D eigenvalue weighted by atomic mass is 10.0. The van der Waals surface area contributed by atoms with Gasteiger partial charge >= 0.3 is 0 Å². The Labute approximate surface area is 133 Å². The third-order valence-corrected chi connectivity index (χ3v) is 4.41. The number of hydrogen-bond acceptors (Lipinski definition) is 3. The van der Waals surface area contributed by atoms with Crippen molar-refractivity contribution < 1.29 is 4.74 Å². The van der Waals surface area contributed by atoms with E-state index in [1.165, 1.54) is 11.3 Å². The van der Waals surface area contributed by atoms with Crippen LogP contribution in [0, 0.1) is 0 Å². The first-order chi connectivity index (χ1) is 10.2. The molecule has 0 aliphatic carbocycles. The molecular weight excluding hydrogens is 330 g/mol. The summed E-state index contributed by atoms with van der Waals surface area (Å²) in [5, 5.41) is 7.71. The number of ether oxygens (including phenoxy) is 1. The standard InChI is InChI=1S/C16H20BrN3O/c1-3-8-21-15-5-4-11(9-13(15)17)16-12-10-20(2)7-6-14(12)18-19-16/h4-5,9H,3,6-8,10H2,1-2H3,(H,18,19). The van der Waals surface area contributed by atoms with E-state index in [9.17, 15) is 0 Å². The number of H-pyrrole nitrogens is 1. The third kappa shape index (κ3) is 2.99. The predicted octanol–water partition coefficient (Wildman–Crippen LogP) is 3.62. The summed E-state index contributed by atoms with van der Waals surface area (Å²) in [6.45, 7) is 4.88. The first-order valence-electron chi connectivity index (χ1n) is 7.36. The predicted molar refractivity (Wildman–Crippen MR) is 87.5 cm³/mol. The minimum Gasteiger partial charge on any atom is -0.492 e. The van der Waals surface area contributed by atoms with Gasteiger partial charge in [0.2, 0.25) is 0 Å².